The molecule has 1 fully saturated rings. The van der Waals surface area contributed by atoms with E-state index in [1.54, 1.807) is 0 Å². The van der Waals surface area contributed by atoms with Gasteiger partial charge in [-0.05, 0) is 56.0 Å². The van der Waals surface area contributed by atoms with Gasteiger partial charge < -0.3 is 5.73 Å². The zero-order valence-corrected chi connectivity index (χ0v) is 11.8. The van der Waals surface area contributed by atoms with Crippen molar-refractivity contribution in [2.75, 3.05) is 19.6 Å². The monoisotopic (exact) mass is 304 g/mol. The normalized spacial score (nSPS) is 20.7. The molecule has 0 saturated carbocycles. The quantitative estimate of drug-likeness (QED) is 0.864. The minimum atomic E-state index is -4.65. The van der Waals surface area contributed by atoms with Crippen LogP contribution in [0.2, 0.25) is 0 Å². The van der Waals surface area contributed by atoms with Gasteiger partial charge in [0.2, 0.25) is 0 Å². The van der Waals surface area contributed by atoms with Gasteiger partial charge in [-0.2, -0.15) is 13.2 Å². The molecule has 1 aromatic carbocycles. The summed E-state index contributed by atoms with van der Waals surface area (Å²) in [5.41, 5.74) is 4.87. The number of halogens is 4. The Labute approximate surface area is 121 Å². The molecule has 2 rings (SSSR count). The molecule has 1 saturated heterocycles. The van der Waals surface area contributed by atoms with Crippen LogP contribution in [0.4, 0.5) is 17.6 Å². The van der Waals surface area contributed by atoms with Crippen LogP contribution in [0.1, 0.15) is 30.4 Å². The second kappa shape index (κ2) is 6.75. The van der Waals surface area contributed by atoms with Crippen molar-refractivity contribution in [3.05, 3.63) is 35.1 Å². The molecule has 6 heteroatoms. The first-order valence-corrected chi connectivity index (χ1v) is 7.18. The SMILES string of the molecule is NCC[C@@H]1CCCN(Cc2ccc(F)c(C(F)(F)F)c2)C1. The standard InChI is InChI=1S/C15H20F4N2/c16-14-4-3-12(8-13(14)15(17,18)19)10-21-7-1-2-11(9-21)5-6-20/h3-4,8,11H,1-2,5-7,9-10,20H2/t11-/m0/s1. The molecule has 1 aliphatic rings. The van der Waals surface area contributed by atoms with Crippen LogP contribution in [0.5, 0.6) is 0 Å². The molecule has 118 valence electrons. The van der Waals surface area contributed by atoms with Gasteiger partial charge in [-0.25, -0.2) is 4.39 Å². The van der Waals surface area contributed by atoms with Crippen LogP contribution in [0.3, 0.4) is 0 Å². The Balaban J connectivity index is 2.06. The summed E-state index contributed by atoms with van der Waals surface area (Å²) in [5.74, 6) is -0.711. The third kappa shape index (κ3) is 4.41. The number of alkyl halides is 3. The molecule has 0 aliphatic carbocycles. The molecule has 0 spiro atoms. The van der Waals surface area contributed by atoms with Gasteiger partial charge >= 0.3 is 6.18 Å². The van der Waals surface area contributed by atoms with E-state index in [1.807, 2.05) is 0 Å². The number of rotatable bonds is 4. The van der Waals surface area contributed by atoms with Crippen LogP contribution >= 0.6 is 0 Å². The Bertz CT molecular complexity index is 471. The van der Waals surface area contributed by atoms with Gasteiger partial charge in [0.1, 0.15) is 5.82 Å². The van der Waals surface area contributed by atoms with E-state index in [0.29, 0.717) is 24.6 Å². The highest BCUT2D eigenvalue weighted by Crippen LogP contribution is 2.32. The topological polar surface area (TPSA) is 29.3 Å². The Morgan fingerprint density at radius 3 is 2.71 bits per heavy atom. The maximum absolute atomic E-state index is 13.3. The first-order chi connectivity index (χ1) is 9.90. The van der Waals surface area contributed by atoms with Crippen LogP contribution in [-0.2, 0) is 12.7 Å². The van der Waals surface area contributed by atoms with Gasteiger partial charge in [0.05, 0.1) is 5.56 Å². The number of likely N-dealkylation sites (tertiary alicyclic amines) is 1. The number of benzene rings is 1. The zero-order valence-electron chi connectivity index (χ0n) is 11.8. The van der Waals surface area contributed by atoms with E-state index in [0.717, 1.165) is 44.5 Å². The van der Waals surface area contributed by atoms with E-state index in [1.165, 1.54) is 6.07 Å². The van der Waals surface area contributed by atoms with E-state index in [4.69, 9.17) is 5.73 Å². The molecule has 1 heterocycles. The summed E-state index contributed by atoms with van der Waals surface area (Å²) in [6, 6.07) is 3.25. The minimum absolute atomic E-state index is 0.421. The van der Waals surface area contributed by atoms with Crippen LogP contribution < -0.4 is 5.73 Å². The number of nitrogens with two attached hydrogens (primary N) is 1. The molecule has 1 aromatic rings. The summed E-state index contributed by atoms with van der Waals surface area (Å²) in [7, 11) is 0. The van der Waals surface area contributed by atoms with Crippen LogP contribution in [0.25, 0.3) is 0 Å². The number of hydrogen-bond acceptors (Lipinski definition) is 2. The Morgan fingerprint density at radius 1 is 1.29 bits per heavy atom. The van der Waals surface area contributed by atoms with Crippen molar-refractivity contribution >= 4 is 0 Å². The lowest BCUT2D eigenvalue weighted by Gasteiger charge is -2.32. The molecule has 2 nitrogen and oxygen atoms in total. The molecule has 1 atom stereocenters. The molecular formula is C15H20F4N2. The molecular weight excluding hydrogens is 284 g/mol. The highest BCUT2D eigenvalue weighted by molar-refractivity contribution is 5.27. The summed E-state index contributed by atoms with van der Waals surface area (Å²) in [6.45, 7) is 2.76. The molecule has 1 aliphatic heterocycles. The highest BCUT2D eigenvalue weighted by atomic mass is 19.4. The number of nitrogens with zero attached hydrogens (tertiary/aromatic N) is 1. The van der Waals surface area contributed by atoms with E-state index >= 15 is 0 Å². The third-order valence-corrected chi connectivity index (χ3v) is 3.92. The second-order valence-electron chi connectivity index (χ2n) is 5.63. The van der Waals surface area contributed by atoms with Crippen molar-refractivity contribution in [3.63, 3.8) is 0 Å². The van der Waals surface area contributed by atoms with E-state index in [2.05, 4.69) is 4.90 Å². The largest absolute Gasteiger partial charge is 0.419 e. The molecule has 0 aromatic heterocycles. The van der Waals surface area contributed by atoms with Gasteiger partial charge in [-0.15, -0.1) is 0 Å². The third-order valence-electron chi connectivity index (χ3n) is 3.92. The van der Waals surface area contributed by atoms with Crippen molar-refractivity contribution in [1.29, 1.82) is 0 Å². The fourth-order valence-electron chi connectivity index (χ4n) is 2.91. The highest BCUT2D eigenvalue weighted by Gasteiger charge is 2.34. The Kier molecular flexibility index (Phi) is 5.22. The maximum Gasteiger partial charge on any atom is 0.419 e. The van der Waals surface area contributed by atoms with Crippen LogP contribution in [0, 0.1) is 11.7 Å². The fraction of sp³-hybridized carbons (Fsp3) is 0.600. The summed E-state index contributed by atoms with van der Waals surface area (Å²) >= 11 is 0. The summed E-state index contributed by atoms with van der Waals surface area (Å²) in [5, 5.41) is 0. The zero-order chi connectivity index (χ0) is 15.5. The van der Waals surface area contributed by atoms with Gasteiger partial charge in [0.15, 0.2) is 0 Å². The van der Waals surface area contributed by atoms with Gasteiger partial charge in [-0.3, -0.25) is 4.90 Å². The van der Waals surface area contributed by atoms with Crippen molar-refractivity contribution in [3.8, 4) is 0 Å². The number of hydrogen-bond donors (Lipinski definition) is 1. The van der Waals surface area contributed by atoms with Gasteiger partial charge in [-0.1, -0.05) is 6.07 Å². The molecule has 0 radical (unpaired) electrons. The summed E-state index contributed by atoms with van der Waals surface area (Å²) in [4.78, 5) is 2.12. The average molecular weight is 304 g/mol. The summed E-state index contributed by atoms with van der Waals surface area (Å²) in [6.07, 6.45) is -1.57. The molecule has 0 amide bonds. The molecule has 0 unspecified atom stereocenters. The predicted molar refractivity (Wildman–Crippen MR) is 73.1 cm³/mol. The Hall–Kier alpha value is -1.14. The van der Waals surface area contributed by atoms with Crippen molar-refractivity contribution < 1.29 is 17.6 Å². The molecule has 21 heavy (non-hydrogen) atoms. The lowest BCUT2D eigenvalue weighted by Crippen LogP contribution is -2.35. The van der Waals surface area contributed by atoms with E-state index < -0.39 is 17.6 Å². The second-order valence-corrected chi connectivity index (χ2v) is 5.63. The van der Waals surface area contributed by atoms with E-state index in [-0.39, 0.29) is 0 Å². The Morgan fingerprint density at radius 2 is 2.05 bits per heavy atom. The van der Waals surface area contributed by atoms with Crippen LogP contribution in [-0.4, -0.2) is 24.5 Å². The minimum Gasteiger partial charge on any atom is -0.330 e. The predicted octanol–water partition coefficient (Wildman–Crippen LogP) is 3.41. The van der Waals surface area contributed by atoms with E-state index in [9.17, 15) is 17.6 Å². The first-order valence-electron chi connectivity index (χ1n) is 7.18. The lowest BCUT2D eigenvalue weighted by atomic mass is 9.94. The maximum atomic E-state index is 13.3. The lowest BCUT2D eigenvalue weighted by molar-refractivity contribution is -0.140. The summed E-state index contributed by atoms with van der Waals surface area (Å²) < 4.78 is 51.4. The van der Waals surface area contributed by atoms with Crippen LogP contribution in [0.15, 0.2) is 18.2 Å². The smallest absolute Gasteiger partial charge is 0.330 e. The number of piperidine rings is 1. The van der Waals surface area contributed by atoms with Crippen molar-refractivity contribution in [2.45, 2.75) is 32.0 Å². The van der Waals surface area contributed by atoms with Gasteiger partial charge in [0, 0.05) is 13.1 Å². The fourth-order valence-corrected chi connectivity index (χ4v) is 2.91. The average Bonchev–Trinajstić information content (AvgIpc) is 2.40. The van der Waals surface area contributed by atoms with Crippen molar-refractivity contribution in [2.24, 2.45) is 11.7 Å². The van der Waals surface area contributed by atoms with Crippen molar-refractivity contribution in [1.82, 2.24) is 4.90 Å². The molecule has 2 N–H and O–H groups in total. The molecule has 0 bridgehead atoms. The first kappa shape index (κ1) is 16.2. The van der Waals surface area contributed by atoms with Gasteiger partial charge in [0.25, 0.3) is 0 Å².